The normalized spacial score (nSPS) is 18.3. The number of hydrogen-bond acceptors (Lipinski definition) is 11. The largest absolute Gasteiger partial charge is 0.383 e. The Labute approximate surface area is 228 Å². The van der Waals surface area contributed by atoms with Gasteiger partial charge in [-0.3, -0.25) is 24.4 Å². The van der Waals surface area contributed by atoms with Crippen LogP contribution in [0.15, 0.2) is 30.9 Å². The number of carbonyl (C=O) groups is 1. The van der Waals surface area contributed by atoms with Crippen molar-refractivity contribution in [3.63, 3.8) is 0 Å². The first kappa shape index (κ1) is 26.8. The second-order valence-corrected chi connectivity index (χ2v) is 10.9. The summed E-state index contributed by atoms with van der Waals surface area (Å²) in [6.45, 7) is 9.90. The summed E-state index contributed by atoms with van der Waals surface area (Å²) in [6, 6.07) is 1.91. The molecule has 0 aromatic carbocycles. The van der Waals surface area contributed by atoms with Crippen LogP contribution >= 0.6 is 0 Å². The van der Waals surface area contributed by atoms with E-state index < -0.39 is 0 Å². The van der Waals surface area contributed by atoms with Crippen LogP contribution in [0, 0.1) is 12.3 Å². The number of likely N-dealkylation sites (tertiary alicyclic amines) is 1. The lowest BCUT2D eigenvalue weighted by Gasteiger charge is -2.20. The van der Waals surface area contributed by atoms with Crippen LogP contribution in [0.5, 0.6) is 0 Å². The van der Waals surface area contributed by atoms with Crippen molar-refractivity contribution in [3.05, 3.63) is 42.1 Å². The number of hydrazine groups is 1. The van der Waals surface area contributed by atoms with E-state index >= 15 is 0 Å². The highest BCUT2D eigenvalue weighted by Gasteiger charge is 2.31. The van der Waals surface area contributed by atoms with Crippen LogP contribution in [0.1, 0.15) is 37.7 Å². The molecule has 5 heterocycles. The summed E-state index contributed by atoms with van der Waals surface area (Å²) >= 11 is 0. The van der Waals surface area contributed by atoms with Crippen LogP contribution in [-0.2, 0) is 16.1 Å². The number of nitrogens with zero attached hydrogens (tertiary/aromatic N) is 7. The summed E-state index contributed by atoms with van der Waals surface area (Å²) in [5.74, 6) is 1.18. The number of pyridine rings is 1. The van der Waals surface area contributed by atoms with Gasteiger partial charge in [-0.15, -0.1) is 0 Å². The Morgan fingerprint density at radius 3 is 2.85 bits per heavy atom. The molecule has 39 heavy (non-hydrogen) atoms. The van der Waals surface area contributed by atoms with Crippen molar-refractivity contribution >= 4 is 34.7 Å². The number of hydrogen-bond donors (Lipinski definition) is 4. The third kappa shape index (κ3) is 6.44. The van der Waals surface area contributed by atoms with Crippen molar-refractivity contribution in [2.45, 2.75) is 39.9 Å². The maximum absolute atomic E-state index is 12.7. The Hall–Kier alpha value is -3.81. The molecule has 1 atom stereocenters. The molecule has 2 aliphatic rings. The third-order valence-corrected chi connectivity index (χ3v) is 6.96. The molecule has 0 spiro atoms. The van der Waals surface area contributed by atoms with Crippen LogP contribution in [0.3, 0.4) is 0 Å². The van der Waals surface area contributed by atoms with E-state index in [0.717, 1.165) is 48.0 Å². The molecule has 1 saturated heterocycles. The van der Waals surface area contributed by atoms with Gasteiger partial charge in [0, 0.05) is 33.1 Å². The molecule has 1 fully saturated rings. The zero-order valence-corrected chi connectivity index (χ0v) is 23.2. The van der Waals surface area contributed by atoms with Gasteiger partial charge in [-0.2, -0.15) is 10.1 Å². The zero-order chi connectivity index (χ0) is 27.6. The third-order valence-electron chi connectivity index (χ3n) is 6.96. The first-order valence-electron chi connectivity index (χ1n) is 13.1. The Morgan fingerprint density at radius 2 is 2.08 bits per heavy atom. The van der Waals surface area contributed by atoms with Gasteiger partial charge >= 0.3 is 0 Å². The fourth-order valence-electron chi connectivity index (χ4n) is 4.88. The number of amides is 1. The highest BCUT2D eigenvalue weighted by atomic mass is 16.5. The fourth-order valence-corrected chi connectivity index (χ4v) is 4.88. The lowest BCUT2D eigenvalue weighted by Crippen LogP contribution is -2.34. The molecular formula is C26H37N11O2. The minimum atomic E-state index is -0.269. The number of fused-ring (bicyclic) bond motifs is 1. The van der Waals surface area contributed by atoms with Gasteiger partial charge < -0.3 is 20.7 Å². The van der Waals surface area contributed by atoms with E-state index in [1.54, 1.807) is 30.4 Å². The predicted molar refractivity (Wildman–Crippen MR) is 150 cm³/mol. The Balaban J connectivity index is 1.23. The molecule has 13 heteroatoms. The molecule has 0 saturated carbocycles. The predicted octanol–water partition coefficient (Wildman–Crippen LogP) is 2.50. The van der Waals surface area contributed by atoms with Gasteiger partial charge in [-0.05, 0) is 31.4 Å². The number of aryl methyl sites for hydroxylation is 1. The molecule has 3 aromatic rings. The van der Waals surface area contributed by atoms with Crippen molar-refractivity contribution in [2.75, 3.05) is 61.4 Å². The molecular weight excluding hydrogens is 498 g/mol. The molecule has 1 amide bonds. The first-order chi connectivity index (χ1) is 18.7. The molecule has 3 aromatic heterocycles. The van der Waals surface area contributed by atoms with E-state index in [-0.39, 0.29) is 17.5 Å². The van der Waals surface area contributed by atoms with Crippen molar-refractivity contribution in [1.82, 2.24) is 35.1 Å². The van der Waals surface area contributed by atoms with Crippen molar-refractivity contribution in [1.29, 1.82) is 0 Å². The summed E-state index contributed by atoms with van der Waals surface area (Å²) in [7, 11) is 3.57. The molecule has 0 aliphatic carbocycles. The number of carbonyl (C=O) groups excluding carboxylic acids is 1. The van der Waals surface area contributed by atoms with Gasteiger partial charge in [-0.1, -0.05) is 13.8 Å². The van der Waals surface area contributed by atoms with Crippen LogP contribution < -0.4 is 26.4 Å². The lowest BCUT2D eigenvalue weighted by atomic mass is 9.93. The molecule has 0 radical (unpaired) electrons. The van der Waals surface area contributed by atoms with Gasteiger partial charge in [0.05, 0.1) is 60.4 Å². The highest BCUT2D eigenvalue weighted by molar-refractivity contribution is 5.92. The maximum Gasteiger partial charge on any atom is 0.238 e. The van der Waals surface area contributed by atoms with E-state index in [0.29, 0.717) is 31.3 Å². The molecule has 0 bridgehead atoms. The topological polar surface area (TPSA) is 137 Å². The average molecular weight is 536 g/mol. The number of aromatic nitrogens is 5. The van der Waals surface area contributed by atoms with Gasteiger partial charge in [0.25, 0.3) is 0 Å². The van der Waals surface area contributed by atoms with Gasteiger partial charge in [-0.25, -0.2) is 10.4 Å². The number of nitrogens with one attached hydrogen (secondary N) is 4. The monoisotopic (exact) mass is 535 g/mol. The van der Waals surface area contributed by atoms with E-state index in [1.165, 1.54) is 0 Å². The van der Waals surface area contributed by atoms with E-state index in [4.69, 9.17) is 9.72 Å². The quantitative estimate of drug-likeness (QED) is 0.305. The fraction of sp³-hybridized carbons (Fsp3) is 0.500. The van der Waals surface area contributed by atoms with Gasteiger partial charge in [0.15, 0.2) is 5.82 Å². The lowest BCUT2D eigenvalue weighted by molar-refractivity contribution is -0.117. The number of rotatable bonds is 10. The summed E-state index contributed by atoms with van der Waals surface area (Å²) < 4.78 is 6.90. The average Bonchev–Trinajstić information content (AvgIpc) is 3.57. The maximum atomic E-state index is 12.7. The van der Waals surface area contributed by atoms with E-state index in [9.17, 15) is 4.79 Å². The number of methoxy groups -OCH3 is 1. The zero-order valence-electron chi connectivity index (χ0n) is 23.2. The minimum absolute atomic E-state index is 0.0361. The van der Waals surface area contributed by atoms with Gasteiger partial charge in [0.1, 0.15) is 6.17 Å². The van der Waals surface area contributed by atoms with Crippen LogP contribution in [0.2, 0.25) is 0 Å². The molecule has 13 nitrogen and oxygen atoms in total. The number of anilines is 5. The second-order valence-electron chi connectivity index (χ2n) is 10.9. The number of ether oxygens (including phenoxy) is 1. The molecule has 2 aliphatic heterocycles. The Morgan fingerprint density at radius 1 is 1.23 bits per heavy atom. The summed E-state index contributed by atoms with van der Waals surface area (Å²) in [4.78, 5) is 28.6. The SMILES string of the molecule is COCCn1cc(Nc2ncc3c(n2)N(C)NC3Nc2cc(NC(=O)CN3CCC(C)(C)C3)cnc2C)cn1. The summed E-state index contributed by atoms with van der Waals surface area (Å²) in [5, 5.41) is 15.9. The first-order valence-corrected chi connectivity index (χ1v) is 13.1. The molecule has 208 valence electrons. The Bertz CT molecular complexity index is 1320. The van der Waals surface area contributed by atoms with E-state index in [1.807, 2.05) is 31.2 Å². The van der Waals surface area contributed by atoms with Crippen molar-refractivity contribution < 1.29 is 9.53 Å². The molecule has 5 rings (SSSR count). The standard InChI is InChI=1S/C26H37N11O2/c1-17-21(10-18(11-27-17)30-22(38)15-36-7-6-26(2,3)16-36)32-23-20-13-28-25(33-24(20)35(4)34-23)31-19-12-29-37(14-19)8-9-39-5/h10-14,23,32,34H,6-9,15-16H2,1-5H3,(H,30,38)(H,28,31,33). The Kier molecular flexibility index (Phi) is 7.64. The minimum Gasteiger partial charge on any atom is -0.383 e. The summed E-state index contributed by atoms with van der Waals surface area (Å²) in [6.07, 6.45) is 7.93. The van der Waals surface area contributed by atoms with Gasteiger partial charge in [0.2, 0.25) is 11.9 Å². The van der Waals surface area contributed by atoms with Crippen molar-refractivity contribution in [3.8, 4) is 0 Å². The smallest absolute Gasteiger partial charge is 0.238 e. The van der Waals surface area contributed by atoms with Crippen LogP contribution in [-0.4, -0.2) is 75.9 Å². The molecule has 4 N–H and O–H groups in total. The van der Waals surface area contributed by atoms with Crippen LogP contribution in [0.4, 0.5) is 28.8 Å². The van der Waals surface area contributed by atoms with E-state index in [2.05, 4.69) is 55.2 Å². The highest BCUT2D eigenvalue weighted by Crippen LogP contribution is 2.33. The van der Waals surface area contributed by atoms with Crippen molar-refractivity contribution in [2.24, 2.45) is 5.41 Å². The van der Waals surface area contributed by atoms with Crippen LogP contribution in [0.25, 0.3) is 0 Å². The summed E-state index contributed by atoms with van der Waals surface area (Å²) in [5.41, 5.74) is 7.59. The second kappa shape index (κ2) is 11.1. The molecule has 1 unspecified atom stereocenters.